The predicted molar refractivity (Wildman–Crippen MR) is 124 cm³/mol. The molecule has 2 aromatic heterocycles. The number of H-pyrrole nitrogens is 1. The molecule has 0 atom stereocenters. The third-order valence-corrected chi connectivity index (χ3v) is 6.92. The molecule has 0 bridgehead atoms. The number of rotatable bonds is 5. The highest BCUT2D eigenvalue weighted by Gasteiger charge is 2.20. The number of thiophene rings is 1. The van der Waals surface area contributed by atoms with Gasteiger partial charge in [-0.15, -0.1) is 11.3 Å². The minimum atomic E-state index is -0.0573. The standard InChI is InChI=1S/C25H24N2O3S/c1-15-6-5-7-16(12-15)14-30-19-11-10-17(13-20(19)29-2)23-26-24(28)22-18-8-3-4-9-21(18)31-25(22)27-23/h5-7,10-13H,3-4,8-9,14H2,1-2H3,(H,26,27,28). The molecule has 6 heteroatoms. The van der Waals surface area contributed by atoms with E-state index in [1.165, 1.54) is 22.4 Å². The van der Waals surface area contributed by atoms with Crippen LogP contribution < -0.4 is 15.0 Å². The molecule has 31 heavy (non-hydrogen) atoms. The van der Waals surface area contributed by atoms with Gasteiger partial charge in [0, 0.05) is 10.4 Å². The van der Waals surface area contributed by atoms with Crippen LogP contribution in [0.25, 0.3) is 21.6 Å². The highest BCUT2D eigenvalue weighted by Crippen LogP contribution is 2.36. The zero-order chi connectivity index (χ0) is 21.4. The number of hydrogen-bond acceptors (Lipinski definition) is 5. The van der Waals surface area contributed by atoms with Crippen LogP contribution in [0.1, 0.15) is 34.4 Å². The molecule has 1 aliphatic carbocycles. The van der Waals surface area contributed by atoms with Gasteiger partial charge in [0.1, 0.15) is 17.3 Å². The van der Waals surface area contributed by atoms with E-state index in [4.69, 9.17) is 14.5 Å². The molecule has 0 fully saturated rings. The number of methoxy groups -OCH3 is 1. The Bertz CT molecular complexity index is 1320. The molecule has 0 saturated carbocycles. The minimum absolute atomic E-state index is 0.0573. The number of hydrogen-bond donors (Lipinski definition) is 1. The fraction of sp³-hybridized carbons (Fsp3) is 0.280. The van der Waals surface area contributed by atoms with Gasteiger partial charge in [-0.25, -0.2) is 4.98 Å². The van der Waals surface area contributed by atoms with Crippen molar-refractivity contribution < 1.29 is 9.47 Å². The molecule has 0 radical (unpaired) electrons. The molecular formula is C25H24N2O3S. The lowest BCUT2D eigenvalue weighted by atomic mass is 9.97. The number of fused-ring (bicyclic) bond motifs is 3. The van der Waals surface area contributed by atoms with Crippen LogP contribution in [0.15, 0.2) is 47.3 Å². The van der Waals surface area contributed by atoms with Gasteiger partial charge in [0.15, 0.2) is 11.5 Å². The number of nitrogens with zero attached hydrogens (tertiary/aromatic N) is 1. The Labute approximate surface area is 184 Å². The van der Waals surface area contributed by atoms with Gasteiger partial charge in [-0.3, -0.25) is 4.79 Å². The maximum Gasteiger partial charge on any atom is 0.260 e. The van der Waals surface area contributed by atoms with Gasteiger partial charge in [-0.05, 0) is 61.9 Å². The second kappa shape index (κ2) is 8.19. The smallest absolute Gasteiger partial charge is 0.260 e. The van der Waals surface area contributed by atoms with Gasteiger partial charge in [-0.2, -0.15) is 0 Å². The first-order valence-corrected chi connectivity index (χ1v) is 11.4. The van der Waals surface area contributed by atoms with Crippen molar-refractivity contribution in [2.45, 2.75) is 39.2 Å². The Balaban J connectivity index is 1.46. The Morgan fingerprint density at radius 3 is 2.81 bits per heavy atom. The quantitative estimate of drug-likeness (QED) is 0.457. The second-order valence-electron chi connectivity index (χ2n) is 7.95. The molecule has 0 amide bonds. The third kappa shape index (κ3) is 3.83. The lowest BCUT2D eigenvalue weighted by Crippen LogP contribution is -2.11. The highest BCUT2D eigenvalue weighted by molar-refractivity contribution is 7.18. The Morgan fingerprint density at radius 2 is 1.97 bits per heavy atom. The van der Waals surface area contributed by atoms with Crippen LogP contribution in [-0.2, 0) is 19.4 Å². The number of benzene rings is 2. The number of aryl methyl sites for hydroxylation is 3. The summed E-state index contributed by atoms with van der Waals surface area (Å²) in [7, 11) is 1.62. The lowest BCUT2D eigenvalue weighted by Gasteiger charge is -2.12. The van der Waals surface area contributed by atoms with Crippen molar-refractivity contribution in [3.8, 4) is 22.9 Å². The van der Waals surface area contributed by atoms with Gasteiger partial charge in [0.25, 0.3) is 5.56 Å². The van der Waals surface area contributed by atoms with E-state index in [1.807, 2.05) is 30.3 Å². The minimum Gasteiger partial charge on any atom is -0.493 e. The topological polar surface area (TPSA) is 64.2 Å². The molecule has 0 saturated heterocycles. The molecule has 5 nitrogen and oxygen atoms in total. The van der Waals surface area contributed by atoms with Crippen molar-refractivity contribution in [1.29, 1.82) is 0 Å². The predicted octanol–water partition coefficient (Wildman–Crippen LogP) is 5.43. The summed E-state index contributed by atoms with van der Waals surface area (Å²) in [5.74, 6) is 1.82. The fourth-order valence-electron chi connectivity index (χ4n) is 4.20. The van der Waals surface area contributed by atoms with E-state index in [9.17, 15) is 4.79 Å². The number of aromatic amines is 1. The van der Waals surface area contributed by atoms with E-state index in [0.717, 1.165) is 40.6 Å². The van der Waals surface area contributed by atoms with Gasteiger partial charge < -0.3 is 14.5 Å². The van der Waals surface area contributed by atoms with Crippen LogP contribution >= 0.6 is 11.3 Å². The van der Waals surface area contributed by atoms with Crippen LogP contribution in [0.3, 0.4) is 0 Å². The van der Waals surface area contributed by atoms with Crippen molar-refractivity contribution >= 4 is 21.6 Å². The van der Waals surface area contributed by atoms with Gasteiger partial charge in [-0.1, -0.05) is 29.8 Å². The van der Waals surface area contributed by atoms with E-state index in [1.54, 1.807) is 18.4 Å². The van der Waals surface area contributed by atoms with Gasteiger partial charge in [0.05, 0.1) is 12.5 Å². The molecule has 0 spiro atoms. The monoisotopic (exact) mass is 432 g/mol. The van der Waals surface area contributed by atoms with Gasteiger partial charge >= 0.3 is 0 Å². The SMILES string of the molecule is COc1cc(-c2nc3sc4c(c3c(=O)[nH]2)CCCC4)ccc1OCc1cccc(C)c1. The molecule has 0 aliphatic heterocycles. The molecule has 5 rings (SSSR count). The average Bonchev–Trinajstić information content (AvgIpc) is 3.16. The number of ether oxygens (including phenoxy) is 2. The zero-order valence-corrected chi connectivity index (χ0v) is 18.5. The molecule has 1 aliphatic rings. The average molecular weight is 433 g/mol. The largest absolute Gasteiger partial charge is 0.493 e. The van der Waals surface area contributed by atoms with E-state index < -0.39 is 0 Å². The summed E-state index contributed by atoms with van der Waals surface area (Å²) in [4.78, 5) is 22.8. The van der Waals surface area contributed by atoms with Crippen molar-refractivity contribution in [3.05, 3.63) is 74.4 Å². The molecule has 1 N–H and O–H groups in total. The molecule has 2 heterocycles. The van der Waals surface area contributed by atoms with Crippen LogP contribution in [0.2, 0.25) is 0 Å². The lowest BCUT2D eigenvalue weighted by molar-refractivity contribution is 0.284. The van der Waals surface area contributed by atoms with E-state index in [-0.39, 0.29) is 5.56 Å². The highest BCUT2D eigenvalue weighted by atomic mass is 32.1. The maximum atomic E-state index is 12.9. The summed E-state index contributed by atoms with van der Waals surface area (Å²) in [6.45, 7) is 2.52. The Hall–Kier alpha value is -3.12. The van der Waals surface area contributed by atoms with Crippen molar-refractivity contribution in [2.24, 2.45) is 0 Å². The first-order chi connectivity index (χ1) is 15.1. The Kier molecular flexibility index (Phi) is 5.24. The van der Waals surface area contributed by atoms with Crippen molar-refractivity contribution in [3.63, 3.8) is 0 Å². The molecule has 0 unspecified atom stereocenters. The fourth-order valence-corrected chi connectivity index (χ4v) is 5.46. The first kappa shape index (κ1) is 19.8. The summed E-state index contributed by atoms with van der Waals surface area (Å²) in [6, 6.07) is 13.9. The number of nitrogens with one attached hydrogen (secondary N) is 1. The van der Waals surface area contributed by atoms with Crippen LogP contribution in [0.5, 0.6) is 11.5 Å². The second-order valence-corrected chi connectivity index (χ2v) is 9.03. The third-order valence-electron chi connectivity index (χ3n) is 5.74. The maximum absolute atomic E-state index is 12.9. The van der Waals surface area contributed by atoms with Crippen LogP contribution in [0.4, 0.5) is 0 Å². The van der Waals surface area contributed by atoms with Gasteiger partial charge in [0.2, 0.25) is 0 Å². The zero-order valence-electron chi connectivity index (χ0n) is 17.7. The van der Waals surface area contributed by atoms with E-state index in [2.05, 4.69) is 24.0 Å². The molecule has 4 aromatic rings. The van der Waals surface area contributed by atoms with E-state index >= 15 is 0 Å². The van der Waals surface area contributed by atoms with Crippen LogP contribution in [0, 0.1) is 6.92 Å². The van der Waals surface area contributed by atoms with Crippen LogP contribution in [-0.4, -0.2) is 17.1 Å². The number of aromatic nitrogens is 2. The van der Waals surface area contributed by atoms with Crippen molar-refractivity contribution in [2.75, 3.05) is 7.11 Å². The van der Waals surface area contributed by atoms with E-state index in [0.29, 0.717) is 23.9 Å². The molecule has 158 valence electrons. The normalized spacial score (nSPS) is 13.2. The summed E-state index contributed by atoms with van der Waals surface area (Å²) in [6.07, 6.45) is 4.35. The Morgan fingerprint density at radius 1 is 1.10 bits per heavy atom. The summed E-state index contributed by atoms with van der Waals surface area (Å²) in [5, 5.41) is 0.772. The molecular weight excluding hydrogens is 408 g/mol. The summed E-state index contributed by atoms with van der Waals surface area (Å²) in [5.41, 5.74) is 4.24. The summed E-state index contributed by atoms with van der Waals surface area (Å²) >= 11 is 1.66. The summed E-state index contributed by atoms with van der Waals surface area (Å²) < 4.78 is 11.6. The first-order valence-electron chi connectivity index (χ1n) is 10.5. The van der Waals surface area contributed by atoms with Crippen molar-refractivity contribution in [1.82, 2.24) is 9.97 Å². The molecule has 2 aromatic carbocycles.